The number of hydrogen-bond donors (Lipinski definition) is 2. The Kier molecular flexibility index (Phi) is 4.34. The van der Waals surface area contributed by atoms with E-state index in [0.717, 1.165) is 13.0 Å². The maximum absolute atomic E-state index is 11.1. The Morgan fingerprint density at radius 3 is 2.71 bits per heavy atom. The van der Waals surface area contributed by atoms with Gasteiger partial charge >= 0.3 is 0 Å². The molecule has 0 bridgehead atoms. The predicted molar refractivity (Wildman–Crippen MR) is 53.7 cm³/mol. The first-order valence-corrected chi connectivity index (χ1v) is 6.57. The van der Waals surface area contributed by atoms with Crippen molar-refractivity contribution < 1.29 is 13.2 Å². The summed E-state index contributed by atoms with van der Waals surface area (Å²) in [5.41, 5.74) is 0. The molecule has 1 fully saturated rings. The van der Waals surface area contributed by atoms with Crippen LogP contribution in [0.3, 0.4) is 0 Å². The first-order valence-electron chi connectivity index (χ1n) is 4.75. The van der Waals surface area contributed by atoms with Crippen LogP contribution in [0.1, 0.15) is 12.8 Å². The summed E-state index contributed by atoms with van der Waals surface area (Å²) in [5.74, 6) is 0.561. The zero-order valence-electron chi connectivity index (χ0n) is 8.03. The van der Waals surface area contributed by atoms with Gasteiger partial charge < -0.3 is 10.6 Å². The Morgan fingerprint density at radius 1 is 1.36 bits per heavy atom. The third-order valence-electron chi connectivity index (χ3n) is 2.25. The maximum atomic E-state index is 11.1. The first kappa shape index (κ1) is 11.5. The predicted octanol–water partition coefficient (Wildman–Crippen LogP) is -1.10. The Balaban J connectivity index is 2.06. The second kappa shape index (κ2) is 5.31. The van der Waals surface area contributed by atoms with E-state index in [-0.39, 0.29) is 11.8 Å². The molecule has 1 rings (SSSR count). The molecule has 1 amide bonds. The van der Waals surface area contributed by atoms with E-state index in [2.05, 4.69) is 10.6 Å². The molecule has 1 heterocycles. The van der Waals surface area contributed by atoms with Gasteiger partial charge in [-0.25, -0.2) is 8.42 Å². The lowest BCUT2D eigenvalue weighted by Gasteiger charge is -2.09. The van der Waals surface area contributed by atoms with Crippen molar-refractivity contribution in [3.8, 4) is 0 Å². The smallest absolute Gasteiger partial charge is 0.207 e. The van der Waals surface area contributed by atoms with E-state index >= 15 is 0 Å². The van der Waals surface area contributed by atoms with Crippen LogP contribution in [-0.2, 0) is 14.6 Å². The van der Waals surface area contributed by atoms with Crippen molar-refractivity contribution in [1.29, 1.82) is 0 Å². The van der Waals surface area contributed by atoms with Gasteiger partial charge in [-0.1, -0.05) is 0 Å². The minimum Gasteiger partial charge on any atom is -0.359 e. The summed E-state index contributed by atoms with van der Waals surface area (Å²) in [5, 5.41) is 5.71. The molecule has 0 aliphatic carbocycles. The third kappa shape index (κ3) is 4.06. The maximum Gasteiger partial charge on any atom is 0.207 e. The zero-order valence-corrected chi connectivity index (χ0v) is 8.85. The molecule has 5 nitrogen and oxygen atoms in total. The normalized spacial score (nSPS) is 24.7. The summed E-state index contributed by atoms with van der Waals surface area (Å²) in [6, 6.07) is 0.108. The standard InChI is InChI=1S/C8H16N2O3S/c11-7-9-3-1-4-10-8-2-5-14(12,13)6-8/h7-8,10H,1-6H2,(H,9,11)/t8-/m0/s1. The van der Waals surface area contributed by atoms with Gasteiger partial charge in [-0.15, -0.1) is 0 Å². The molecule has 0 aromatic carbocycles. The molecule has 0 saturated carbocycles. The molecule has 6 heteroatoms. The molecular weight excluding hydrogens is 204 g/mol. The van der Waals surface area contributed by atoms with Crippen LogP contribution in [0.15, 0.2) is 0 Å². The lowest BCUT2D eigenvalue weighted by atomic mass is 10.2. The number of sulfone groups is 1. The molecule has 0 aromatic heterocycles. The van der Waals surface area contributed by atoms with E-state index in [1.165, 1.54) is 0 Å². The van der Waals surface area contributed by atoms with Crippen LogP contribution < -0.4 is 10.6 Å². The van der Waals surface area contributed by atoms with Gasteiger partial charge in [0.1, 0.15) is 0 Å². The van der Waals surface area contributed by atoms with E-state index in [4.69, 9.17) is 0 Å². The molecule has 1 aliphatic rings. The van der Waals surface area contributed by atoms with Crippen LogP contribution in [0.5, 0.6) is 0 Å². The van der Waals surface area contributed by atoms with Gasteiger partial charge in [-0.3, -0.25) is 4.79 Å². The largest absolute Gasteiger partial charge is 0.359 e. The fraction of sp³-hybridized carbons (Fsp3) is 0.875. The number of rotatable bonds is 6. The van der Waals surface area contributed by atoms with E-state index in [9.17, 15) is 13.2 Å². The van der Waals surface area contributed by atoms with Crippen molar-refractivity contribution in [3.63, 3.8) is 0 Å². The van der Waals surface area contributed by atoms with Gasteiger partial charge in [-0.05, 0) is 19.4 Å². The summed E-state index contributed by atoms with van der Waals surface area (Å²) in [6.45, 7) is 1.39. The highest BCUT2D eigenvalue weighted by atomic mass is 32.2. The highest BCUT2D eigenvalue weighted by Gasteiger charge is 2.26. The minimum atomic E-state index is -2.78. The van der Waals surface area contributed by atoms with Crippen LogP contribution in [-0.4, -0.2) is 45.5 Å². The SMILES string of the molecule is O=CNCCCN[C@H]1CCS(=O)(=O)C1. The molecule has 1 atom stereocenters. The van der Waals surface area contributed by atoms with Crippen LogP contribution in [0, 0.1) is 0 Å². The molecular formula is C8H16N2O3S. The van der Waals surface area contributed by atoms with Crippen molar-refractivity contribution in [3.05, 3.63) is 0 Å². The van der Waals surface area contributed by atoms with Gasteiger partial charge in [0.2, 0.25) is 6.41 Å². The van der Waals surface area contributed by atoms with Gasteiger partial charge in [0, 0.05) is 12.6 Å². The summed E-state index contributed by atoms with van der Waals surface area (Å²) in [6.07, 6.45) is 2.21. The van der Waals surface area contributed by atoms with Crippen LogP contribution >= 0.6 is 0 Å². The average Bonchev–Trinajstić information content (AvgIpc) is 2.45. The van der Waals surface area contributed by atoms with Gasteiger partial charge in [0.25, 0.3) is 0 Å². The fourth-order valence-corrected chi connectivity index (χ4v) is 3.22. The lowest BCUT2D eigenvalue weighted by molar-refractivity contribution is -0.109. The highest BCUT2D eigenvalue weighted by Crippen LogP contribution is 2.10. The second-order valence-electron chi connectivity index (χ2n) is 3.48. The molecule has 82 valence electrons. The van der Waals surface area contributed by atoms with Gasteiger partial charge in [0.15, 0.2) is 9.84 Å². The Bertz CT molecular complexity index is 276. The lowest BCUT2D eigenvalue weighted by Crippen LogP contribution is -2.32. The third-order valence-corrected chi connectivity index (χ3v) is 4.01. The number of nitrogens with one attached hydrogen (secondary N) is 2. The minimum absolute atomic E-state index is 0.108. The number of carbonyl (C=O) groups excluding carboxylic acids is 1. The quantitative estimate of drug-likeness (QED) is 0.440. The molecule has 0 spiro atoms. The Labute approximate surface area is 84.2 Å². The van der Waals surface area contributed by atoms with E-state index in [1.54, 1.807) is 0 Å². The van der Waals surface area contributed by atoms with Crippen LogP contribution in [0.25, 0.3) is 0 Å². The van der Waals surface area contributed by atoms with E-state index < -0.39 is 9.84 Å². The molecule has 1 aliphatic heterocycles. The monoisotopic (exact) mass is 220 g/mol. The van der Waals surface area contributed by atoms with E-state index in [1.807, 2.05) is 0 Å². The van der Waals surface area contributed by atoms with Gasteiger partial charge in [0.05, 0.1) is 11.5 Å². The number of hydrogen-bond acceptors (Lipinski definition) is 4. The van der Waals surface area contributed by atoms with Gasteiger partial charge in [-0.2, -0.15) is 0 Å². The van der Waals surface area contributed by atoms with Crippen molar-refractivity contribution in [2.75, 3.05) is 24.6 Å². The molecule has 0 unspecified atom stereocenters. The van der Waals surface area contributed by atoms with Crippen LogP contribution in [0.4, 0.5) is 0 Å². The Morgan fingerprint density at radius 2 is 2.14 bits per heavy atom. The zero-order chi connectivity index (χ0) is 10.4. The average molecular weight is 220 g/mol. The summed E-state index contributed by atoms with van der Waals surface area (Å²) in [7, 11) is -2.78. The van der Waals surface area contributed by atoms with E-state index in [0.29, 0.717) is 25.1 Å². The van der Waals surface area contributed by atoms with Crippen molar-refractivity contribution in [1.82, 2.24) is 10.6 Å². The van der Waals surface area contributed by atoms with Crippen molar-refractivity contribution >= 4 is 16.2 Å². The fourth-order valence-electron chi connectivity index (χ4n) is 1.51. The Hall–Kier alpha value is -0.620. The molecule has 0 aromatic rings. The summed E-state index contributed by atoms with van der Waals surface area (Å²) in [4.78, 5) is 9.90. The molecule has 2 N–H and O–H groups in total. The molecule has 0 radical (unpaired) electrons. The van der Waals surface area contributed by atoms with Crippen LogP contribution in [0.2, 0.25) is 0 Å². The summed E-state index contributed by atoms with van der Waals surface area (Å²) < 4.78 is 22.2. The van der Waals surface area contributed by atoms with Crippen molar-refractivity contribution in [2.24, 2.45) is 0 Å². The second-order valence-corrected chi connectivity index (χ2v) is 5.71. The molecule has 1 saturated heterocycles. The van der Waals surface area contributed by atoms with Crippen molar-refractivity contribution in [2.45, 2.75) is 18.9 Å². The number of amides is 1. The summed E-state index contributed by atoms with van der Waals surface area (Å²) >= 11 is 0. The number of carbonyl (C=O) groups is 1. The highest BCUT2D eigenvalue weighted by molar-refractivity contribution is 7.91. The topological polar surface area (TPSA) is 75.3 Å². The first-order chi connectivity index (χ1) is 6.64. The molecule has 14 heavy (non-hydrogen) atoms.